The number of hydrogen-bond donors (Lipinski definition) is 3. The summed E-state index contributed by atoms with van der Waals surface area (Å²) in [5.74, 6) is 0.328. The van der Waals surface area contributed by atoms with Crippen molar-refractivity contribution in [3.05, 3.63) is 24.3 Å². The molecular formula is C6H7BO6. The molecule has 0 saturated heterocycles. The van der Waals surface area contributed by atoms with Crippen molar-refractivity contribution >= 4 is 7.32 Å². The van der Waals surface area contributed by atoms with Gasteiger partial charge in [-0.2, -0.15) is 4.81 Å². The van der Waals surface area contributed by atoms with Crippen molar-refractivity contribution in [1.82, 2.24) is 0 Å². The minimum atomic E-state index is -2.06. The first-order chi connectivity index (χ1) is 6.18. The summed E-state index contributed by atoms with van der Waals surface area (Å²) in [7, 11) is -2.06. The number of phenolic OH excluding ortho intramolecular Hbond substituents is 1. The van der Waals surface area contributed by atoms with Crippen molar-refractivity contribution in [1.29, 1.82) is 0 Å². The number of hydrogen-bond acceptors (Lipinski definition) is 6. The zero-order valence-electron chi connectivity index (χ0n) is 6.45. The molecule has 0 fully saturated rings. The number of rotatable bonds is 4. The molecule has 3 N–H and O–H groups in total. The average Bonchev–Trinajstić information content (AvgIpc) is 2.08. The van der Waals surface area contributed by atoms with Crippen molar-refractivity contribution < 1.29 is 29.9 Å². The van der Waals surface area contributed by atoms with E-state index in [1.54, 1.807) is 0 Å². The minimum absolute atomic E-state index is 0.0791. The summed E-state index contributed by atoms with van der Waals surface area (Å²) in [5, 5.41) is 29.1. The van der Waals surface area contributed by atoms with E-state index in [4.69, 9.17) is 15.2 Å². The molecule has 13 heavy (non-hydrogen) atoms. The molecule has 1 aromatic carbocycles. The summed E-state index contributed by atoms with van der Waals surface area (Å²) in [6, 6.07) is 5.55. The molecular weight excluding hydrogens is 179 g/mol. The standard InChI is InChI=1S/C6H7BO6/c8-5-1-3-6(4-2-5)11-13-12-7(9)10/h1-4,8-10H. The van der Waals surface area contributed by atoms with E-state index in [0.29, 0.717) is 0 Å². The zero-order valence-corrected chi connectivity index (χ0v) is 6.45. The van der Waals surface area contributed by atoms with Crippen LogP contribution in [0.3, 0.4) is 0 Å². The average molecular weight is 186 g/mol. The third kappa shape index (κ3) is 3.77. The number of benzene rings is 1. The summed E-state index contributed by atoms with van der Waals surface area (Å²) in [4.78, 5) is 8.22. The second-order valence-electron chi connectivity index (χ2n) is 2.07. The van der Waals surface area contributed by atoms with Gasteiger partial charge < -0.3 is 20.0 Å². The Hall–Kier alpha value is -1.28. The van der Waals surface area contributed by atoms with Crippen LogP contribution in [-0.4, -0.2) is 22.5 Å². The summed E-state index contributed by atoms with van der Waals surface area (Å²) in [6.45, 7) is 0. The summed E-state index contributed by atoms with van der Waals surface area (Å²) in [6.07, 6.45) is 0. The van der Waals surface area contributed by atoms with Gasteiger partial charge in [0.25, 0.3) is 0 Å². The quantitative estimate of drug-likeness (QED) is 0.337. The Bertz CT molecular complexity index is 248. The minimum Gasteiger partial charge on any atom is -0.508 e. The highest BCUT2D eigenvalue weighted by molar-refractivity contribution is 6.32. The van der Waals surface area contributed by atoms with Crippen molar-refractivity contribution in [3.63, 3.8) is 0 Å². The molecule has 0 spiro atoms. The fourth-order valence-electron chi connectivity index (χ4n) is 0.596. The Labute approximate surface area is 73.9 Å². The lowest BCUT2D eigenvalue weighted by atomic mass is 10.3. The fourth-order valence-corrected chi connectivity index (χ4v) is 0.596. The van der Waals surface area contributed by atoms with E-state index in [0.717, 1.165) is 0 Å². The molecule has 7 heteroatoms. The second-order valence-corrected chi connectivity index (χ2v) is 2.07. The topological polar surface area (TPSA) is 88.4 Å². The summed E-state index contributed by atoms with van der Waals surface area (Å²) >= 11 is 0. The molecule has 6 nitrogen and oxygen atoms in total. The van der Waals surface area contributed by atoms with Crippen LogP contribution in [0.2, 0.25) is 0 Å². The van der Waals surface area contributed by atoms with Crippen LogP contribution in [0.5, 0.6) is 11.5 Å². The maximum atomic E-state index is 8.86. The van der Waals surface area contributed by atoms with E-state index in [1.165, 1.54) is 24.3 Å². The predicted octanol–water partition coefficient (Wildman–Crippen LogP) is -0.396. The molecule has 0 aliphatic rings. The number of phenols is 1. The van der Waals surface area contributed by atoms with E-state index in [1.807, 2.05) is 0 Å². The largest absolute Gasteiger partial charge is 0.665 e. The predicted molar refractivity (Wildman–Crippen MR) is 41.1 cm³/mol. The lowest BCUT2D eigenvalue weighted by molar-refractivity contribution is -0.426. The van der Waals surface area contributed by atoms with Crippen LogP contribution in [0.15, 0.2) is 24.3 Å². The lowest BCUT2D eigenvalue weighted by Crippen LogP contribution is -2.18. The van der Waals surface area contributed by atoms with Gasteiger partial charge in [0, 0.05) is 0 Å². The van der Waals surface area contributed by atoms with Gasteiger partial charge in [-0.15, -0.1) is 0 Å². The molecule has 0 heterocycles. The maximum absolute atomic E-state index is 8.86. The van der Waals surface area contributed by atoms with E-state index >= 15 is 0 Å². The molecule has 0 aliphatic heterocycles. The van der Waals surface area contributed by atoms with Crippen LogP contribution in [0.1, 0.15) is 0 Å². The van der Waals surface area contributed by atoms with Crippen molar-refractivity contribution in [2.45, 2.75) is 0 Å². The molecule has 0 aliphatic carbocycles. The fraction of sp³-hybridized carbons (Fsp3) is 0. The zero-order chi connectivity index (χ0) is 9.68. The smallest absolute Gasteiger partial charge is 0.508 e. The summed E-state index contributed by atoms with van der Waals surface area (Å²) < 4.78 is 0. The molecule has 0 atom stereocenters. The van der Waals surface area contributed by atoms with Gasteiger partial charge in [-0.1, -0.05) is 0 Å². The molecule has 0 amide bonds. The van der Waals surface area contributed by atoms with Gasteiger partial charge in [0.15, 0.2) is 5.75 Å². The van der Waals surface area contributed by atoms with Gasteiger partial charge in [-0.05, 0) is 29.3 Å². The highest BCUT2D eigenvalue weighted by Gasteiger charge is 2.10. The van der Waals surface area contributed by atoms with Gasteiger partial charge in [0.05, 0.1) is 0 Å². The lowest BCUT2D eigenvalue weighted by Gasteiger charge is -2.02. The molecule has 0 saturated carbocycles. The van der Waals surface area contributed by atoms with Crippen LogP contribution in [-0.2, 0) is 9.84 Å². The van der Waals surface area contributed by atoms with Crippen molar-refractivity contribution in [2.75, 3.05) is 0 Å². The molecule has 70 valence electrons. The molecule has 0 unspecified atom stereocenters. The Morgan fingerprint density at radius 3 is 2.23 bits per heavy atom. The molecule has 0 radical (unpaired) electrons. The van der Waals surface area contributed by atoms with Gasteiger partial charge in [0.1, 0.15) is 5.75 Å². The first kappa shape index (κ1) is 9.81. The van der Waals surface area contributed by atoms with Crippen LogP contribution >= 0.6 is 0 Å². The van der Waals surface area contributed by atoms with E-state index in [9.17, 15) is 0 Å². The van der Waals surface area contributed by atoms with Gasteiger partial charge >= 0.3 is 7.32 Å². The van der Waals surface area contributed by atoms with Crippen LogP contribution in [0.25, 0.3) is 0 Å². The third-order valence-electron chi connectivity index (χ3n) is 1.09. The molecule has 1 aromatic rings. The monoisotopic (exact) mass is 186 g/mol. The normalized spacial score (nSPS) is 9.69. The van der Waals surface area contributed by atoms with Gasteiger partial charge in [-0.25, -0.2) is 0 Å². The Morgan fingerprint density at radius 2 is 1.69 bits per heavy atom. The molecule has 0 aromatic heterocycles. The molecule has 1 rings (SSSR count). The second kappa shape index (κ2) is 4.68. The Balaban J connectivity index is 2.33. The van der Waals surface area contributed by atoms with E-state index < -0.39 is 7.32 Å². The SMILES string of the molecule is OB(O)OOOc1ccc(O)cc1. The first-order valence-corrected chi connectivity index (χ1v) is 3.33. The highest BCUT2D eigenvalue weighted by atomic mass is 17.5. The summed E-state index contributed by atoms with van der Waals surface area (Å²) in [5.41, 5.74) is 0. The highest BCUT2D eigenvalue weighted by Crippen LogP contribution is 2.15. The van der Waals surface area contributed by atoms with Gasteiger partial charge in [-0.3, -0.25) is 0 Å². The van der Waals surface area contributed by atoms with Crippen LogP contribution < -0.4 is 4.89 Å². The van der Waals surface area contributed by atoms with Crippen molar-refractivity contribution in [3.8, 4) is 11.5 Å². The van der Waals surface area contributed by atoms with Gasteiger partial charge in [0.2, 0.25) is 0 Å². The van der Waals surface area contributed by atoms with Crippen molar-refractivity contribution in [2.24, 2.45) is 0 Å². The van der Waals surface area contributed by atoms with Crippen LogP contribution in [0, 0.1) is 0 Å². The maximum Gasteiger partial charge on any atom is 0.665 e. The van der Waals surface area contributed by atoms with Crippen LogP contribution in [0.4, 0.5) is 0 Å². The van der Waals surface area contributed by atoms with E-state index in [-0.39, 0.29) is 11.5 Å². The van der Waals surface area contributed by atoms with E-state index in [2.05, 4.69) is 14.7 Å². The Morgan fingerprint density at radius 1 is 1.08 bits per heavy atom. The number of aromatic hydroxyl groups is 1. The molecule has 0 bridgehead atoms. The Kier molecular flexibility index (Phi) is 3.53. The third-order valence-corrected chi connectivity index (χ3v) is 1.09. The first-order valence-electron chi connectivity index (χ1n) is 3.33.